The summed E-state index contributed by atoms with van der Waals surface area (Å²) in [5, 5.41) is 9.46. The predicted molar refractivity (Wildman–Crippen MR) is 121 cm³/mol. The Morgan fingerprint density at radius 3 is 2.62 bits per heavy atom. The number of aliphatic hydroxyl groups is 1. The first-order valence-corrected chi connectivity index (χ1v) is 12.7. The summed E-state index contributed by atoms with van der Waals surface area (Å²) in [5.41, 5.74) is 0. The van der Waals surface area contributed by atoms with E-state index in [-0.39, 0.29) is 37.0 Å². The highest BCUT2D eigenvalue weighted by atomic mass is 32.2. The van der Waals surface area contributed by atoms with Gasteiger partial charge in [0.15, 0.2) is 0 Å². The smallest absolute Gasteiger partial charge is 0.311 e. The number of hydrogen-bond donors (Lipinski definition) is 1. The highest BCUT2D eigenvalue weighted by molar-refractivity contribution is 8.02. The van der Waals surface area contributed by atoms with Gasteiger partial charge in [0.25, 0.3) is 0 Å². The lowest BCUT2D eigenvalue weighted by atomic mass is 9.75. The average Bonchev–Trinajstić information content (AvgIpc) is 3.03. The lowest BCUT2D eigenvalue weighted by Crippen LogP contribution is -2.55. The standard InChI is InChI=1S/C24H32N2O5S/c1-23-10-6-15-31-22(30)18(23)17-20(28)26(13-7-14-27)19-21(29)25(16-8-3-2-4-9-16)12-5-11-24(17,19)32-23/h5-6,10-11,16-19,27H,2-4,7-9,12-15H2,1H3/t17-,18+,19?,23-,24-/m0/s1. The number of rotatable bonds is 4. The minimum atomic E-state index is -0.812. The van der Waals surface area contributed by atoms with Crippen LogP contribution in [0.2, 0.25) is 0 Å². The van der Waals surface area contributed by atoms with E-state index in [0.29, 0.717) is 19.5 Å². The monoisotopic (exact) mass is 460 g/mol. The highest BCUT2D eigenvalue weighted by Gasteiger charge is 2.74. The third kappa shape index (κ3) is 3.16. The van der Waals surface area contributed by atoms with Gasteiger partial charge < -0.3 is 19.6 Å². The van der Waals surface area contributed by atoms with Crippen molar-refractivity contribution >= 4 is 29.5 Å². The Morgan fingerprint density at radius 2 is 1.88 bits per heavy atom. The number of aliphatic hydroxyl groups excluding tert-OH is 1. The molecule has 1 aliphatic carbocycles. The first kappa shape index (κ1) is 22.0. The number of esters is 1. The number of nitrogens with zero attached hydrogens (tertiary/aromatic N) is 2. The minimum Gasteiger partial charge on any atom is -0.461 e. The van der Waals surface area contributed by atoms with Crippen molar-refractivity contribution in [2.45, 2.75) is 67.0 Å². The second kappa shape index (κ2) is 8.20. The van der Waals surface area contributed by atoms with Gasteiger partial charge in [-0.2, -0.15) is 0 Å². The molecule has 4 aliphatic heterocycles. The second-order valence-corrected chi connectivity index (χ2v) is 11.6. The molecule has 5 aliphatic rings. The first-order valence-electron chi connectivity index (χ1n) is 11.9. The Hall–Kier alpha value is -1.80. The van der Waals surface area contributed by atoms with Gasteiger partial charge in [-0.1, -0.05) is 37.5 Å². The third-order valence-corrected chi connectivity index (χ3v) is 9.71. The van der Waals surface area contributed by atoms with Gasteiger partial charge >= 0.3 is 5.97 Å². The number of fused-ring (bicyclic) bond motifs is 2. The maximum absolute atomic E-state index is 14.1. The maximum Gasteiger partial charge on any atom is 0.311 e. The van der Waals surface area contributed by atoms with Gasteiger partial charge in [0, 0.05) is 30.5 Å². The van der Waals surface area contributed by atoms with Gasteiger partial charge in [-0.05, 0) is 32.3 Å². The molecule has 0 bridgehead atoms. The van der Waals surface area contributed by atoms with E-state index in [1.165, 1.54) is 6.42 Å². The fourth-order valence-electron chi connectivity index (χ4n) is 6.57. The van der Waals surface area contributed by atoms with Gasteiger partial charge in [0.2, 0.25) is 11.8 Å². The highest BCUT2D eigenvalue weighted by Crippen LogP contribution is 2.65. The average molecular weight is 461 g/mol. The summed E-state index contributed by atoms with van der Waals surface area (Å²) in [6.07, 6.45) is 13.8. The van der Waals surface area contributed by atoms with E-state index in [9.17, 15) is 19.5 Å². The van der Waals surface area contributed by atoms with Crippen LogP contribution in [0, 0.1) is 11.8 Å². The molecule has 0 aromatic carbocycles. The SMILES string of the molecule is C[C@]12C=CCOC(=O)[C@H]1[C@H]1C(=O)N(CCCO)C3C(=O)N(C4CCCCC4)CC=C[C@@]31S2. The fraction of sp³-hybridized carbons (Fsp3) is 0.708. The van der Waals surface area contributed by atoms with E-state index >= 15 is 0 Å². The molecular weight excluding hydrogens is 428 g/mol. The topological polar surface area (TPSA) is 87.1 Å². The number of thioether (sulfide) groups is 1. The number of amides is 2. The Kier molecular flexibility index (Phi) is 5.64. The predicted octanol–water partition coefficient (Wildman–Crippen LogP) is 1.90. The number of hydrogen-bond acceptors (Lipinski definition) is 6. The molecule has 8 heteroatoms. The zero-order valence-corrected chi connectivity index (χ0v) is 19.4. The van der Waals surface area contributed by atoms with E-state index in [4.69, 9.17) is 4.74 Å². The second-order valence-electron chi connectivity index (χ2n) is 9.82. The summed E-state index contributed by atoms with van der Waals surface area (Å²) in [5.74, 6) is -1.83. The summed E-state index contributed by atoms with van der Waals surface area (Å²) in [4.78, 5) is 44.7. The van der Waals surface area contributed by atoms with E-state index in [2.05, 4.69) is 0 Å². The molecule has 3 fully saturated rings. The van der Waals surface area contributed by atoms with Crippen LogP contribution in [-0.4, -0.2) is 80.6 Å². The van der Waals surface area contributed by atoms with Crippen LogP contribution in [0.15, 0.2) is 24.3 Å². The van der Waals surface area contributed by atoms with Crippen molar-refractivity contribution in [2.24, 2.45) is 11.8 Å². The molecular formula is C24H32N2O5S. The molecule has 174 valence electrons. The van der Waals surface area contributed by atoms with Gasteiger partial charge in [-0.25, -0.2) is 0 Å². The number of likely N-dealkylation sites (tertiary alicyclic amines) is 1. The van der Waals surface area contributed by atoms with Crippen molar-refractivity contribution in [3.05, 3.63) is 24.3 Å². The number of carbonyl (C=O) groups is 3. The van der Waals surface area contributed by atoms with E-state index in [1.54, 1.807) is 16.7 Å². The van der Waals surface area contributed by atoms with Gasteiger partial charge in [0.1, 0.15) is 12.6 Å². The van der Waals surface area contributed by atoms with Crippen LogP contribution >= 0.6 is 11.8 Å². The summed E-state index contributed by atoms with van der Waals surface area (Å²) in [6.45, 7) is 3.00. The van der Waals surface area contributed by atoms with Crippen LogP contribution in [0.3, 0.4) is 0 Å². The molecule has 0 aromatic rings. The van der Waals surface area contributed by atoms with Gasteiger partial charge in [0.05, 0.1) is 16.6 Å². The zero-order valence-electron chi connectivity index (χ0n) is 18.6. The van der Waals surface area contributed by atoms with Gasteiger partial charge in [-0.15, -0.1) is 11.8 Å². The fourth-order valence-corrected chi connectivity index (χ4v) is 8.73. The van der Waals surface area contributed by atoms with Crippen molar-refractivity contribution in [3.8, 4) is 0 Å². The van der Waals surface area contributed by atoms with E-state index < -0.39 is 27.4 Å². The number of ether oxygens (including phenoxy) is 1. The van der Waals surface area contributed by atoms with Crippen LogP contribution < -0.4 is 0 Å². The quantitative estimate of drug-likeness (QED) is 0.509. The number of cyclic esters (lactones) is 1. The molecule has 7 nitrogen and oxygen atoms in total. The van der Waals surface area contributed by atoms with Crippen LogP contribution in [0.5, 0.6) is 0 Å². The summed E-state index contributed by atoms with van der Waals surface area (Å²) in [7, 11) is 0. The molecule has 5 atom stereocenters. The van der Waals surface area contributed by atoms with Crippen LogP contribution in [0.25, 0.3) is 0 Å². The van der Waals surface area contributed by atoms with Crippen molar-refractivity contribution in [3.63, 3.8) is 0 Å². The molecule has 4 heterocycles. The van der Waals surface area contributed by atoms with Gasteiger partial charge in [-0.3, -0.25) is 14.4 Å². The van der Waals surface area contributed by atoms with Crippen LogP contribution in [0.1, 0.15) is 45.4 Å². The van der Waals surface area contributed by atoms with Crippen molar-refractivity contribution in [1.29, 1.82) is 0 Å². The third-order valence-electron chi connectivity index (χ3n) is 7.92. The summed E-state index contributed by atoms with van der Waals surface area (Å²) >= 11 is 1.58. The molecule has 0 aromatic heterocycles. The van der Waals surface area contributed by atoms with Crippen molar-refractivity contribution < 1.29 is 24.2 Å². The van der Waals surface area contributed by atoms with Crippen molar-refractivity contribution in [2.75, 3.05) is 26.3 Å². The van der Waals surface area contributed by atoms with Crippen molar-refractivity contribution in [1.82, 2.24) is 9.80 Å². The molecule has 1 spiro atoms. The Morgan fingerprint density at radius 1 is 1.09 bits per heavy atom. The Bertz CT molecular complexity index is 868. The molecule has 5 rings (SSSR count). The summed E-state index contributed by atoms with van der Waals surface area (Å²) in [6, 6.07) is -0.468. The minimum absolute atomic E-state index is 0.0133. The molecule has 32 heavy (non-hydrogen) atoms. The first-order chi connectivity index (χ1) is 15.4. The number of carbonyl (C=O) groups excluding carboxylic acids is 3. The van der Waals surface area contributed by atoms with E-state index in [0.717, 1.165) is 25.7 Å². The lowest BCUT2D eigenvalue weighted by Gasteiger charge is -2.39. The zero-order chi connectivity index (χ0) is 22.5. The molecule has 1 unspecified atom stereocenters. The molecule has 0 radical (unpaired) electrons. The largest absolute Gasteiger partial charge is 0.461 e. The van der Waals surface area contributed by atoms with Crippen LogP contribution in [0.4, 0.5) is 0 Å². The Balaban J connectivity index is 1.59. The molecule has 1 N–H and O–H groups in total. The lowest BCUT2D eigenvalue weighted by molar-refractivity contribution is -0.152. The Labute approximate surface area is 193 Å². The maximum atomic E-state index is 14.1. The molecule has 1 saturated carbocycles. The van der Waals surface area contributed by atoms with E-state index in [1.807, 2.05) is 36.1 Å². The molecule has 2 saturated heterocycles. The molecule has 2 amide bonds. The normalized spacial score (nSPS) is 39.4. The summed E-state index contributed by atoms with van der Waals surface area (Å²) < 4.78 is 4.01. The van der Waals surface area contributed by atoms with Crippen LogP contribution in [-0.2, 0) is 19.1 Å².